The molecule has 0 unspecified atom stereocenters. The number of carbonyl (C=O) groups is 1. The highest BCUT2D eigenvalue weighted by atomic mass is 19.1. The molecule has 4 nitrogen and oxygen atoms in total. The Kier molecular flexibility index (Phi) is 4.40. The van der Waals surface area contributed by atoms with Gasteiger partial charge >= 0.3 is 5.97 Å². The van der Waals surface area contributed by atoms with Gasteiger partial charge in [-0.2, -0.15) is 5.10 Å². The number of carboxylic acid groups (broad SMARTS) is 1. The molecule has 0 radical (unpaired) electrons. The summed E-state index contributed by atoms with van der Waals surface area (Å²) < 4.78 is 14.8. The molecule has 1 heterocycles. The summed E-state index contributed by atoms with van der Waals surface area (Å²) in [6, 6.07) is 6.68. The highest BCUT2D eigenvalue weighted by Crippen LogP contribution is 2.23. The van der Waals surface area contributed by atoms with Crippen LogP contribution in [0.15, 0.2) is 24.3 Å². The normalized spacial score (nSPS) is 11.1. The summed E-state index contributed by atoms with van der Waals surface area (Å²) in [5.74, 6) is -0.784. The van der Waals surface area contributed by atoms with Crippen molar-refractivity contribution in [1.82, 2.24) is 9.78 Å². The van der Waals surface area contributed by atoms with Gasteiger partial charge in [0.1, 0.15) is 12.4 Å². The molecule has 0 spiro atoms. The second-order valence-electron chi connectivity index (χ2n) is 5.63. The van der Waals surface area contributed by atoms with Crippen LogP contribution in [0.5, 0.6) is 0 Å². The Morgan fingerprint density at radius 3 is 2.67 bits per heavy atom. The summed E-state index contributed by atoms with van der Waals surface area (Å²) in [7, 11) is 0. The predicted molar refractivity (Wildman–Crippen MR) is 78.5 cm³/mol. The van der Waals surface area contributed by atoms with Gasteiger partial charge < -0.3 is 5.11 Å². The lowest BCUT2D eigenvalue weighted by Gasteiger charge is -2.06. The van der Waals surface area contributed by atoms with E-state index in [1.165, 1.54) is 10.7 Å². The number of hydrogen-bond donors (Lipinski definition) is 1. The van der Waals surface area contributed by atoms with Gasteiger partial charge in [0.15, 0.2) is 0 Å². The number of aromatic nitrogens is 2. The fourth-order valence-corrected chi connectivity index (χ4v) is 2.25. The van der Waals surface area contributed by atoms with Gasteiger partial charge in [-0.3, -0.25) is 9.48 Å². The minimum Gasteiger partial charge on any atom is -0.480 e. The van der Waals surface area contributed by atoms with Crippen LogP contribution in [0.4, 0.5) is 4.39 Å². The van der Waals surface area contributed by atoms with Gasteiger partial charge in [0.2, 0.25) is 0 Å². The zero-order chi connectivity index (χ0) is 15.6. The summed E-state index contributed by atoms with van der Waals surface area (Å²) in [6.45, 7) is 5.67. The van der Waals surface area contributed by atoms with E-state index in [-0.39, 0.29) is 12.4 Å². The fraction of sp³-hybridized carbons (Fsp3) is 0.375. The molecule has 0 amide bonds. The molecule has 5 heteroatoms. The monoisotopic (exact) mass is 290 g/mol. The lowest BCUT2D eigenvalue weighted by atomic mass is 10.1. The molecule has 0 bridgehead atoms. The van der Waals surface area contributed by atoms with Crippen LogP contribution in [0.1, 0.15) is 25.1 Å². The summed E-state index contributed by atoms with van der Waals surface area (Å²) >= 11 is 0. The molecule has 112 valence electrons. The highest BCUT2D eigenvalue weighted by molar-refractivity contribution is 5.67. The van der Waals surface area contributed by atoms with Crippen molar-refractivity contribution in [3.63, 3.8) is 0 Å². The average Bonchev–Trinajstić information content (AvgIpc) is 2.74. The molecule has 21 heavy (non-hydrogen) atoms. The molecule has 2 rings (SSSR count). The van der Waals surface area contributed by atoms with Crippen LogP contribution in [-0.2, 0) is 17.8 Å². The molecule has 1 aromatic carbocycles. The van der Waals surface area contributed by atoms with Crippen molar-refractivity contribution < 1.29 is 14.3 Å². The lowest BCUT2D eigenvalue weighted by Crippen LogP contribution is -2.14. The second kappa shape index (κ2) is 6.08. The van der Waals surface area contributed by atoms with Crippen LogP contribution in [-0.4, -0.2) is 20.9 Å². The van der Waals surface area contributed by atoms with Gasteiger partial charge in [0.05, 0.1) is 5.69 Å². The number of halogens is 1. The molecule has 1 aromatic heterocycles. The first-order valence-corrected chi connectivity index (χ1v) is 6.92. The minimum absolute atomic E-state index is 0.164. The molecule has 2 aromatic rings. The first kappa shape index (κ1) is 15.2. The van der Waals surface area contributed by atoms with Crippen LogP contribution in [0.25, 0.3) is 11.3 Å². The van der Waals surface area contributed by atoms with Crippen molar-refractivity contribution in [2.45, 2.75) is 33.7 Å². The molecular weight excluding hydrogens is 271 g/mol. The third-order valence-corrected chi connectivity index (χ3v) is 3.22. The van der Waals surface area contributed by atoms with Crippen molar-refractivity contribution in [3.8, 4) is 11.3 Å². The van der Waals surface area contributed by atoms with E-state index in [0.29, 0.717) is 17.2 Å². The number of nitrogens with zero attached hydrogens (tertiary/aromatic N) is 2. The third-order valence-electron chi connectivity index (χ3n) is 3.22. The molecule has 0 aliphatic heterocycles. The SMILES string of the molecule is Cc1cc(-c2cc(CC(C)C)n(CC(=O)O)n2)ccc1F. The number of benzene rings is 1. The average molecular weight is 290 g/mol. The van der Waals surface area contributed by atoms with Gasteiger partial charge in [0, 0.05) is 11.3 Å². The number of carboxylic acids is 1. The maximum Gasteiger partial charge on any atom is 0.325 e. The van der Waals surface area contributed by atoms with Crippen LogP contribution in [0, 0.1) is 18.7 Å². The Labute approximate surface area is 123 Å². The maximum absolute atomic E-state index is 13.3. The topological polar surface area (TPSA) is 55.1 Å². The zero-order valence-electron chi connectivity index (χ0n) is 12.4. The maximum atomic E-state index is 13.3. The summed E-state index contributed by atoms with van der Waals surface area (Å²) in [6.07, 6.45) is 0.750. The molecule has 0 aliphatic carbocycles. The summed E-state index contributed by atoms with van der Waals surface area (Å²) in [5, 5.41) is 13.3. The Bertz CT molecular complexity index is 662. The number of aliphatic carboxylic acids is 1. The summed E-state index contributed by atoms with van der Waals surface area (Å²) in [4.78, 5) is 10.9. The van der Waals surface area contributed by atoms with E-state index in [1.54, 1.807) is 19.1 Å². The van der Waals surface area contributed by atoms with Gasteiger partial charge in [-0.05, 0) is 49.1 Å². The second-order valence-corrected chi connectivity index (χ2v) is 5.63. The fourth-order valence-electron chi connectivity index (χ4n) is 2.25. The Balaban J connectivity index is 2.41. The molecule has 0 atom stereocenters. The molecule has 0 fully saturated rings. The van der Waals surface area contributed by atoms with E-state index in [1.807, 2.05) is 6.07 Å². The van der Waals surface area contributed by atoms with Gasteiger partial charge in [-0.1, -0.05) is 13.8 Å². The first-order valence-electron chi connectivity index (χ1n) is 6.92. The Morgan fingerprint density at radius 1 is 1.38 bits per heavy atom. The van der Waals surface area contributed by atoms with Crippen molar-refractivity contribution >= 4 is 5.97 Å². The number of hydrogen-bond acceptors (Lipinski definition) is 2. The predicted octanol–water partition coefficient (Wildman–Crippen LogP) is 3.28. The van der Waals surface area contributed by atoms with E-state index in [4.69, 9.17) is 5.11 Å². The minimum atomic E-state index is -0.926. The smallest absolute Gasteiger partial charge is 0.325 e. The van der Waals surface area contributed by atoms with E-state index in [9.17, 15) is 9.18 Å². The van der Waals surface area contributed by atoms with Crippen LogP contribution in [0.2, 0.25) is 0 Å². The van der Waals surface area contributed by atoms with Gasteiger partial charge in [-0.15, -0.1) is 0 Å². The van der Waals surface area contributed by atoms with Gasteiger partial charge in [0.25, 0.3) is 0 Å². The number of aryl methyl sites for hydroxylation is 1. The quantitative estimate of drug-likeness (QED) is 0.919. The molecular formula is C16H19FN2O2. The van der Waals surface area contributed by atoms with E-state index < -0.39 is 5.97 Å². The van der Waals surface area contributed by atoms with E-state index in [0.717, 1.165) is 17.7 Å². The van der Waals surface area contributed by atoms with Crippen molar-refractivity contribution in [3.05, 3.63) is 41.3 Å². The lowest BCUT2D eigenvalue weighted by molar-refractivity contribution is -0.137. The van der Waals surface area contributed by atoms with Crippen LogP contribution in [0.3, 0.4) is 0 Å². The van der Waals surface area contributed by atoms with Crippen LogP contribution >= 0.6 is 0 Å². The van der Waals surface area contributed by atoms with E-state index >= 15 is 0 Å². The standard InChI is InChI=1S/C16H19FN2O2/c1-10(2)6-13-8-15(18-19(13)9-16(20)21)12-4-5-14(17)11(3)7-12/h4-5,7-8,10H,6,9H2,1-3H3,(H,20,21). The molecule has 0 saturated carbocycles. The van der Waals surface area contributed by atoms with Crippen LogP contribution < -0.4 is 0 Å². The van der Waals surface area contributed by atoms with E-state index in [2.05, 4.69) is 18.9 Å². The highest BCUT2D eigenvalue weighted by Gasteiger charge is 2.13. The summed E-state index contributed by atoms with van der Waals surface area (Å²) in [5.41, 5.74) is 2.90. The molecule has 1 N–H and O–H groups in total. The molecule has 0 saturated heterocycles. The number of rotatable bonds is 5. The molecule has 0 aliphatic rings. The first-order chi connectivity index (χ1) is 9.86. The van der Waals surface area contributed by atoms with Gasteiger partial charge in [-0.25, -0.2) is 4.39 Å². The Morgan fingerprint density at radius 2 is 2.10 bits per heavy atom. The zero-order valence-corrected chi connectivity index (χ0v) is 12.4. The Hall–Kier alpha value is -2.17. The van der Waals surface area contributed by atoms with Crippen molar-refractivity contribution in [1.29, 1.82) is 0 Å². The third kappa shape index (κ3) is 3.68. The van der Waals surface area contributed by atoms with Crippen molar-refractivity contribution in [2.75, 3.05) is 0 Å². The largest absolute Gasteiger partial charge is 0.480 e. The van der Waals surface area contributed by atoms with Crippen molar-refractivity contribution in [2.24, 2.45) is 5.92 Å².